The maximum absolute atomic E-state index is 12.5. The lowest BCUT2D eigenvalue weighted by molar-refractivity contribution is -0.137. The first kappa shape index (κ1) is 22.7. The largest absolute Gasteiger partial charge is 0.416 e. The van der Waals surface area contributed by atoms with E-state index in [1.165, 1.54) is 12.1 Å². The quantitative estimate of drug-likeness (QED) is 0.353. The van der Waals surface area contributed by atoms with E-state index in [4.69, 9.17) is 0 Å². The lowest BCUT2D eigenvalue weighted by atomic mass is 10.1. The molecule has 2 N–H and O–H groups in total. The average molecular weight is 498 g/mol. The van der Waals surface area contributed by atoms with Gasteiger partial charge in [-0.1, -0.05) is 12.1 Å². The van der Waals surface area contributed by atoms with E-state index in [0.29, 0.717) is 25.5 Å². The van der Waals surface area contributed by atoms with Gasteiger partial charge in [0.2, 0.25) is 0 Å². The van der Waals surface area contributed by atoms with E-state index in [0.717, 1.165) is 34.1 Å². The summed E-state index contributed by atoms with van der Waals surface area (Å²) < 4.78 is 37.6. The highest BCUT2D eigenvalue weighted by Crippen LogP contribution is 2.29. The first-order chi connectivity index (χ1) is 11.9. The minimum absolute atomic E-state index is 0. The Morgan fingerprint density at radius 2 is 1.88 bits per heavy atom. The number of hydrogen-bond acceptors (Lipinski definition) is 3. The van der Waals surface area contributed by atoms with Gasteiger partial charge in [0.15, 0.2) is 5.96 Å². The van der Waals surface area contributed by atoms with Gasteiger partial charge in [-0.25, -0.2) is 9.98 Å². The van der Waals surface area contributed by atoms with Gasteiger partial charge >= 0.3 is 6.18 Å². The van der Waals surface area contributed by atoms with Crippen LogP contribution in [0, 0.1) is 6.92 Å². The van der Waals surface area contributed by atoms with Crippen LogP contribution < -0.4 is 10.6 Å². The molecule has 0 amide bonds. The molecule has 0 atom stereocenters. The fraction of sp³-hybridized carbons (Fsp3) is 0.412. The van der Waals surface area contributed by atoms with Crippen LogP contribution in [0.3, 0.4) is 0 Å². The summed E-state index contributed by atoms with van der Waals surface area (Å²) in [4.78, 5) is 9.88. The monoisotopic (exact) mass is 498 g/mol. The van der Waals surface area contributed by atoms with Crippen LogP contribution >= 0.6 is 35.3 Å². The highest BCUT2D eigenvalue weighted by atomic mass is 127. The van der Waals surface area contributed by atoms with E-state index >= 15 is 0 Å². The van der Waals surface area contributed by atoms with Gasteiger partial charge in [0.25, 0.3) is 0 Å². The van der Waals surface area contributed by atoms with Gasteiger partial charge in [0.1, 0.15) is 5.01 Å². The second-order valence-electron chi connectivity index (χ2n) is 5.43. The molecule has 0 radical (unpaired) electrons. The van der Waals surface area contributed by atoms with Gasteiger partial charge in [-0.2, -0.15) is 13.2 Å². The molecule has 144 valence electrons. The van der Waals surface area contributed by atoms with Crippen molar-refractivity contribution in [1.29, 1.82) is 0 Å². The van der Waals surface area contributed by atoms with E-state index in [9.17, 15) is 13.2 Å². The number of alkyl halides is 3. The van der Waals surface area contributed by atoms with Gasteiger partial charge in [-0.3, -0.25) is 0 Å². The molecule has 1 aromatic carbocycles. The first-order valence-electron chi connectivity index (χ1n) is 7.98. The van der Waals surface area contributed by atoms with Gasteiger partial charge in [-0.05, 0) is 38.0 Å². The molecule has 0 aliphatic rings. The summed E-state index contributed by atoms with van der Waals surface area (Å²) in [5.74, 6) is 0.669. The number of halogens is 4. The number of aryl methyl sites for hydroxylation is 1. The SMILES string of the molecule is CCNC(=NCc1ncc(C)s1)NCCc1ccc(C(F)(F)F)cc1.I. The molecule has 1 aromatic heterocycles. The van der Waals surface area contributed by atoms with Crippen molar-refractivity contribution >= 4 is 41.3 Å². The predicted octanol–water partition coefficient (Wildman–Crippen LogP) is 4.39. The Labute approximate surface area is 172 Å². The van der Waals surface area contributed by atoms with Crippen LogP contribution in [0.4, 0.5) is 13.2 Å². The van der Waals surface area contributed by atoms with Gasteiger partial charge in [0, 0.05) is 24.2 Å². The van der Waals surface area contributed by atoms with E-state index in [-0.39, 0.29) is 24.0 Å². The van der Waals surface area contributed by atoms with Crippen LogP contribution in [0.5, 0.6) is 0 Å². The molecule has 0 unspecified atom stereocenters. The number of aromatic nitrogens is 1. The summed E-state index contributed by atoms with van der Waals surface area (Å²) in [7, 11) is 0. The molecule has 0 bridgehead atoms. The van der Waals surface area contributed by atoms with Crippen LogP contribution in [0.1, 0.15) is 27.9 Å². The minimum atomic E-state index is -4.30. The second kappa shape index (κ2) is 10.7. The minimum Gasteiger partial charge on any atom is -0.357 e. The van der Waals surface area contributed by atoms with Crippen molar-refractivity contribution in [2.45, 2.75) is 33.0 Å². The number of nitrogens with zero attached hydrogens (tertiary/aromatic N) is 2. The van der Waals surface area contributed by atoms with E-state index in [1.54, 1.807) is 11.3 Å². The van der Waals surface area contributed by atoms with Crippen LogP contribution in [-0.2, 0) is 19.1 Å². The van der Waals surface area contributed by atoms with Crippen LogP contribution in [0.15, 0.2) is 35.5 Å². The highest BCUT2D eigenvalue weighted by molar-refractivity contribution is 14.0. The second-order valence-corrected chi connectivity index (χ2v) is 6.75. The Morgan fingerprint density at radius 3 is 2.42 bits per heavy atom. The van der Waals surface area contributed by atoms with Gasteiger partial charge < -0.3 is 10.6 Å². The van der Waals surface area contributed by atoms with E-state index < -0.39 is 11.7 Å². The zero-order chi connectivity index (χ0) is 18.3. The standard InChI is InChI=1S/C17H21F3N4S.HI/c1-3-21-16(24-11-15-23-10-12(2)25-15)22-9-8-13-4-6-14(7-5-13)17(18,19)20;/h4-7,10H,3,8-9,11H2,1-2H3,(H2,21,22,24);1H. The van der Waals surface area contributed by atoms with Crippen molar-refractivity contribution in [2.75, 3.05) is 13.1 Å². The van der Waals surface area contributed by atoms with Crippen molar-refractivity contribution in [3.8, 4) is 0 Å². The Bertz CT molecular complexity index is 699. The summed E-state index contributed by atoms with van der Waals surface area (Å²) in [5, 5.41) is 7.27. The summed E-state index contributed by atoms with van der Waals surface area (Å²) >= 11 is 1.61. The Morgan fingerprint density at radius 1 is 1.19 bits per heavy atom. The average Bonchev–Trinajstić information content (AvgIpc) is 2.98. The van der Waals surface area contributed by atoms with Crippen molar-refractivity contribution < 1.29 is 13.2 Å². The zero-order valence-electron chi connectivity index (χ0n) is 14.6. The Balaban J connectivity index is 0.00000338. The summed E-state index contributed by atoms with van der Waals surface area (Å²) in [6.07, 6.45) is -1.87. The normalized spacial score (nSPS) is 11.8. The third-order valence-electron chi connectivity index (χ3n) is 3.37. The molecule has 0 fully saturated rings. The maximum Gasteiger partial charge on any atom is 0.416 e. The zero-order valence-corrected chi connectivity index (χ0v) is 17.7. The fourth-order valence-electron chi connectivity index (χ4n) is 2.15. The number of nitrogens with one attached hydrogen (secondary N) is 2. The molecular formula is C17H22F3IN4S. The molecule has 0 aliphatic heterocycles. The van der Waals surface area contributed by atoms with Crippen LogP contribution in [0.25, 0.3) is 0 Å². The molecule has 1 heterocycles. The summed E-state index contributed by atoms with van der Waals surface area (Å²) in [6, 6.07) is 5.23. The molecule has 0 saturated heterocycles. The van der Waals surface area contributed by atoms with E-state index in [2.05, 4.69) is 20.6 Å². The van der Waals surface area contributed by atoms with Gasteiger partial charge in [-0.15, -0.1) is 35.3 Å². The van der Waals surface area contributed by atoms with E-state index in [1.807, 2.05) is 20.0 Å². The summed E-state index contributed by atoms with van der Waals surface area (Å²) in [6.45, 7) is 5.77. The third kappa shape index (κ3) is 7.48. The van der Waals surface area contributed by atoms with Crippen molar-refractivity contribution in [1.82, 2.24) is 15.6 Å². The number of guanidine groups is 1. The lowest BCUT2D eigenvalue weighted by Crippen LogP contribution is -2.38. The molecule has 4 nitrogen and oxygen atoms in total. The number of thiazole rings is 1. The molecule has 0 saturated carbocycles. The number of rotatable bonds is 6. The molecule has 0 aliphatic carbocycles. The highest BCUT2D eigenvalue weighted by Gasteiger charge is 2.29. The molecule has 26 heavy (non-hydrogen) atoms. The molecule has 9 heteroatoms. The topological polar surface area (TPSA) is 49.3 Å². The van der Waals surface area contributed by atoms with Crippen molar-refractivity contribution in [3.05, 3.63) is 51.5 Å². The lowest BCUT2D eigenvalue weighted by Gasteiger charge is -2.11. The Kier molecular flexibility index (Phi) is 9.34. The molecular weight excluding hydrogens is 476 g/mol. The van der Waals surface area contributed by atoms with Crippen molar-refractivity contribution in [2.24, 2.45) is 4.99 Å². The Hall–Kier alpha value is -1.36. The fourth-order valence-corrected chi connectivity index (χ4v) is 2.86. The number of benzene rings is 1. The number of aliphatic imine (C=N–C) groups is 1. The number of hydrogen-bond donors (Lipinski definition) is 2. The smallest absolute Gasteiger partial charge is 0.357 e. The van der Waals surface area contributed by atoms with Gasteiger partial charge in [0.05, 0.1) is 12.1 Å². The predicted molar refractivity (Wildman–Crippen MR) is 110 cm³/mol. The van der Waals surface area contributed by atoms with Crippen LogP contribution in [-0.4, -0.2) is 24.0 Å². The third-order valence-corrected chi connectivity index (χ3v) is 4.27. The van der Waals surface area contributed by atoms with Crippen LogP contribution in [0.2, 0.25) is 0 Å². The molecule has 0 spiro atoms. The molecule has 2 aromatic rings. The maximum atomic E-state index is 12.5. The van der Waals surface area contributed by atoms with Crippen molar-refractivity contribution in [3.63, 3.8) is 0 Å². The molecule has 2 rings (SSSR count). The summed E-state index contributed by atoms with van der Waals surface area (Å²) in [5.41, 5.74) is 0.213. The first-order valence-corrected chi connectivity index (χ1v) is 8.79.